The molecule has 0 spiro atoms. The molecular weight excluding hydrogens is 364 g/mol. The van der Waals surface area contributed by atoms with Crippen molar-refractivity contribution in [3.8, 4) is 5.75 Å². The number of hydrogen-bond donors (Lipinski definition) is 0. The Hall–Kier alpha value is -2.26. The van der Waals surface area contributed by atoms with Crippen LogP contribution in [0.1, 0.15) is 13.8 Å². The van der Waals surface area contributed by atoms with Gasteiger partial charge in [-0.2, -0.15) is 0 Å². The van der Waals surface area contributed by atoms with Gasteiger partial charge >= 0.3 is 6.16 Å². The van der Waals surface area contributed by atoms with Crippen LogP contribution in [0.3, 0.4) is 0 Å². The van der Waals surface area contributed by atoms with Crippen molar-refractivity contribution in [3.63, 3.8) is 0 Å². The fraction of sp³-hybridized carbons (Fsp3) is 0.250. The number of aromatic nitrogens is 1. The number of ether oxygens (including phenoxy) is 2. The molecule has 0 unspecified atom stereocenters. The molecule has 0 fully saturated rings. The van der Waals surface area contributed by atoms with Crippen molar-refractivity contribution in [2.75, 3.05) is 0 Å². The van der Waals surface area contributed by atoms with E-state index < -0.39 is 11.1 Å². The molecule has 0 saturated carbocycles. The molecule has 25 heavy (non-hydrogen) atoms. The van der Waals surface area contributed by atoms with E-state index in [-0.39, 0.29) is 22.8 Å². The number of benzene rings is 1. The molecule has 0 bridgehead atoms. The Morgan fingerprint density at radius 1 is 1.20 bits per heavy atom. The highest BCUT2D eigenvalue weighted by atomic mass is 33.1. The zero-order valence-corrected chi connectivity index (χ0v) is 15.2. The van der Waals surface area contributed by atoms with E-state index >= 15 is 0 Å². The summed E-state index contributed by atoms with van der Waals surface area (Å²) in [5.41, 5.74) is -0.0781. The minimum atomic E-state index is -0.850. The van der Waals surface area contributed by atoms with E-state index in [1.165, 1.54) is 45.9 Å². The van der Waals surface area contributed by atoms with Crippen LogP contribution in [0, 0.1) is 10.1 Å². The van der Waals surface area contributed by atoms with Gasteiger partial charge in [0.15, 0.2) is 0 Å². The van der Waals surface area contributed by atoms with Crippen LogP contribution in [0.5, 0.6) is 5.75 Å². The second-order valence-corrected chi connectivity index (χ2v) is 7.58. The molecule has 132 valence electrons. The van der Waals surface area contributed by atoms with E-state index in [9.17, 15) is 14.9 Å². The van der Waals surface area contributed by atoms with E-state index in [2.05, 4.69) is 4.98 Å². The van der Waals surface area contributed by atoms with Crippen LogP contribution in [0.2, 0.25) is 0 Å². The number of nitro benzene ring substituents is 1. The third kappa shape index (κ3) is 6.28. The van der Waals surface area contributed by atoms with Crippen LogP contribution in [0.25, 0.3) is 0 Å². The normalized spacial score (nSPS) is 12.9. The molecule has 0 aliphatic heterocycles. The largest absolute Gasteiger partial charge is 0.514 e. The van der Waals surface area contributed by atoms with Crippen LogP contribution in [-0.2, 0) is 4.74 Å². The lowest BCUT2D eigenvalue weighted by atomic mass is 10.3. The third-order valence-corrected chi connectivity index (χ3v) is 6.02. The van der Waals surface area contributed by atoms with Gasteiger partial charge in [-0.1, -0.05) is 16.9 Å². The van der Waals surface area contributed by atoms with Crippen LogP contribution >= 0.6 is 21.6 Å². The van der Waals surface area contributed by atoms with Crippen molar-refractivity contribution in [2.45, 2.75) is 30.2 Å². The van der Waals surface area contributed by atoms with Crippen molar-refractivity contribution < 1.29 is 19.2 Å². The highest BCUT2D eigenvalue weighted by molar-refractivity contribution is 8.76. The molecule has 2 rings (SSSR count). The molecule has 2 aromatic rings. The van der Waals surface area contributed by atoms with Gasteiger partial charge in [0, 0.05) is 23.6 Å². The number of non-ortho nitro benzene ring substituents is 1. The molecule has 0 saturated heterocycles. The molecule has 1 aromatic carbocycles. The molecule has 0 amide bonds. The maximum absolute atomic E-state index is 11.8. The van der Waals surface area contributed by atoms with E-state index in [1.807, 2.05) is 25.1 Å². The molecule has 9 heteroatoms. The number of carbonyl (C=O) groups is 1. The SMILES string of the molecule is C[C@H](OC(=O)Oc1ccc([N+](=O)[O-])cc1)[C@@H](C)SSc1ccccn1. The Bertz CT molecular complexity index is 712. The Kier molecular flexibility index (Phi) is 7.08. The predicted molar refractivity (Wildman–Crippen MR) is 96.8 cm³/mol. The summed E-state index contributed by atoms with van der Waals surface area (Å²) in [6.07, 6.45) is 0.484. The topological polar surface area (TPSA) is 91.6 Å². The van der Waals surface area contributed by atoms with Gasteiger partial charge < -0.3 is 9.47 Å². The maximum atomic E-state index is 11.8. The smallest absolute Gasteiger partial charge is 0.430 e. The zero-order valence-electron chi connectivity index (χ0n) is 13.5. The first-order valence-corrected chi connectivity index (χ1v) is 9.54. The maximum Gasteiger partial charge on any atom is 0.514 e. The molecule has 0 aliphatic rings. The number of rotatable bonds is 7. The standard InChI is InChI=1S/C16H16N2O5S2/c1-11(12(2)24-25-15-5-3-4-10-17-15)22-16(19)23-14-8-6-13(7-9-14)18(20)21/h3-12H,1-2H3/t11-,12+/m0/s1. The molecule has 2 atom stereocenters. The number of hydrogen-bond acceptors (Lipinski definition) is 8. The van der Waals surface area contributed by atoms with Crippen molar-refractivity contribution in [2.24, 2.45) is 0 Å². The summed E-state index contributed by atoms with van der Waals surface area (Å²) in [4.78, 5) is 26.1. The highest BCUT2D eigenvalue weighted by Gasteiger charge is 2.20. The molecule has 0 N–H and O–H groups in total. The van der Waals surface area contributed by atoms with Gasteiger partial charge in [0.05, 0.1) is 4.92 Å². The Morgan fingerprint density at radius 3 is 2.52 bits per heavy atom. The molecule has 1 heterocycles. The van der Waals surface area contributed by atoms with Crippen molar-refractivity contribution in [3.05, 3.63) is 58.8 Å². The average Bonchev–Trinajstić information content (AvgIpc) is 2.60. The van der Waals surface area contributed by atoms with Gasteiger partial charge in [0.25, 0.3) is 5.69 Å². The number of nitro groups is 1. The monoisotopic (exact) mass is 380 g/mol. The van der Waals surface area contributed by atoms with Crippen LogP contribution < -0.4 is 4.74 Å². The number of carbonyl (C=O) groups excluding carboxylic acids is 1. The van der Waals surface area contributed by atoms with Gasteiger partial charge in [-0.15, -0.1) is 0 Å². The van der Waals surface area contributed by atoms with E-state index in [1.54, 1.807) is 13.1 Å². The summed E-state index contributed by atoms with van der Waals surface area (Å²) in [7, 11) is 3.04. The van der Waals surface area contributed by atoms with Gasteiger partial charge in [0.2, 0.25) is 0 Å². The summed E-state index contributed by atoms with van der Waals surface area (Å²) in [5, 5.41) is 11.5. The zero-order chi connectivity index (χ0) is 18.2. The van der Waals surface area contributed by atoms with Crippen molar-refractivity contribution in [1.29, 1.82) is 0 Å². The molecule has 1 aromatic heterocycles. The quantitative estimate of drug-likeness (QED) is 0.224. The fourth-order valence-electron chi connectivity index (χ4n) is 1.60. The first-order chi connectivity index (χ1) is 12.0. The van der Waals surface area contributed by atoms with Crippen molar-refractivity contribution >= 4 is 33.4 Å². The summed E-state index contributed by atoms with van der Waals surface area (Å²) in [6, 6.07) is 10.9. The Balaban J connectivity index is 1.79. The van der Waals surface area contributed by atoms with Crippen molar-refractivity contribution in [1.82, 2.24) is 4.98 Å². The summed E-state index contributed by atoms with van der Waals surface area (Å²) in [5.74, 6) is 0.186. The van der Waals surface area contributed by atoms with E-state index in [0.717, 1.165) is 5.03 Å². The number of nitrogens with zero attached hydrogens (tertiary/aromatic N) is 2. The number of pyridine rings is 1. The Labute approximate surface area is 152 Å². The summed E-state index contributed by atoms with van der Waals surface area (Å²) >= 11 is 0. The molecule has 0 radical (unpaired) electrons. The third-order valence-electron chi connectivity index (χ3n) is 3.11. The second-order valence-electron chi connectivity index (χ2n) is 4.98. The lowest BCUT2D eigenvalue weighted by Gasteiger charge is -2.18. The lowest BCUT2D eigenvalue weighted by molar-refractivity contribution is -0.384. The van der Waals surface area contributed by atoms with E-state index in [0.29, 0.717) is 0 Å². The first kappa shape index (κ1) is 19.1. The summed E-state index contributed by atoms with van der Waals surface area (Å²) < 4.78 is 10.3. The molecular formula is C16H16N2O5S2. The Morgan fingerprint density at radius 2 is 1.92 bits per heavy atom. The van der Waals surface area contributed by atoms with Gasteiger partial charge in [-0.3, -0.25) is 10.1 Å². The second kappa shape index (κ2) is 9.28. The summed E-state index contributed by atoms with van der Waals surface area (Å²) in [6.45, 7) is 3.71. The van der Waals surface area contributed by atoms with Gasteiger partial charge in [-0.05, 0) is 48.9 Å². The molecule has 0 aliphatic carbocycles. The molecule has 7 nitrogen and oxygen atoms in total. The lowest BCUT2D eigenvalue weighted by Crippen LogP contribution is -2.25. The highest BCUT2D eigenvalue weighted by Crippen LogP contribution is 2.34. The van der Waals surface area contributed by atoms with Crippen LogP contribution in [-0.4, -0.2) is 27.4 Å². The van der Waals surface area contributed by atoms with Crippen LogP contribution in [0.4, 0.5) is 10.5 Å². The first-order valence-electron chi connectivity index (χ1n) is 7.33. The fourth-order valence-corrected chi connectivity index (χ4v) is 3.82. The average molecular weight is 380 g/mol. The predicted octanol–water partition coefficient (Wildman–Crippen LogP) is 4.72. The van der Waals surface area contributed by atoms with Gasteiger partial charge in [0.1, 0.15) is 16.9 Å². The van der Waals surface area contributed by atoms with E-state index in [4.69, 9.17) is 9.47 Å². The van der Waals surface area contributed by atoms with Gasteiger partial charge in [-0.25, -0.2) is 9.78 Å². The minimum Gasteiger partial charge on any atom is -0.430 e. The minimum absolute atomic E-state index is 0.0106. The van der Waals surface area contributed by atoms with Crippen LogP contribution in [0.15, 0.2) is 53.7 Å².